The van der Waals surface area contributed by atoms with Gasteiger partial charge >= 0.3 is 0 Å². The van der Waals surface area contributed by atoms with Crippen molar-refractivity contribution in [3.8, 4) is 5.69 Å². The van der Waals surface area contributed by atoms with E-state index < -0.39 is 19.6 Å². The van der Waals surface area contributed by atoms with Crippen molar-refractivity contribution in [2.75, 3.05) is 0 Å². The number of hydrogen-bond acceptors (Lipinski definition) is 1. The predicted octanol–water partition coefficient (Wildman–Crippen LogP) is 5.92. The minimum atomic E-state index is -0.508. The molecule has 0 aliphatic heterocycles. The summed E-state index contributed by atoms with van der Waals surface area (Å²) in [5.74, 6) is -1.02. The first kappa shape index (κ1) is 18.1. The van der Waals surface area contributed by atoms with Gasteiger partial charge in [0, 0.05) is 12.4 Å². The minimum Gasteiger partial charge on any atom is -0.295 e. The van der Waals surface area contributed by atoms with Crippen molar-refractivity contribution in [1.29, 1.82) is 0 Å². The lowest BCUT2D eigenvalue weighted by atomic mass is 9.99. The molecule has 0 unspecified atom stereocenters. The van der Waals surface area contributed by atoms with E-state index in [-0.39, 0.29) is 5.69 Å². The first-order valence-corrected chi connectivity index (χ1v) is 11.5. The average Bonchev–Trinajstić information content (AvgIpc) is 3.12. The standard InChI is InChI=1S/C21H27F2N2P/c22-18-12-7-13-19(23)20(18)25-15-14-24-21(25)26(16-8-3-1-4-9-16)17-10-5-2-6-11-17/h7,12-17H,1-6,8-11H2. The molecule has 0 spiro atoms. The van der Waals surface area contributed by atoms with Gasteiger partial charge in [0.2, 0.25) is 0 Å². The first-order chi connectivity index (χ1) is 12.8. The zero-order valence-corrected chi connectivity index (χ0v) is 16.1. The Kier molecular flexibility index (Phi) is 5.69. The number of halogens is 2. The molecule has 2 saturated carbocycles. The van der Waals surface area contributed by atoms with Crippen molar-refractivity contribution in [3.05, 3.63) is 42.2 Å². The molecule has 2 aromatic rings. The smallest absolute Gasteiger partial charge is 0.150 e. The summed E-state index contributed by atoms with van der Waals surface area (Å²) in [6.45, 7) is 0. The molecule has 0 atom stereocenters. The van der Waals surface area contributed by atoms with E-state index in [0.29, 0.717) is 11.3 Å². The molecule has 140 valence electrons. The Balaban J connectivity index is 1.75. The molecule has 2 aliphatic rings. The van der Waals surface area contributed by atoms with Gasteiger partial charge in [-0.25, -0.2) is 13.8 Å². The SMILES string of the molecule is Fc1cccc(F)c1-n1ccnc1P(C1CCCCC1)C1CCCCC1. The van der Waals surface area contributed by atoms with Crippen LogP contribution in [0.15, 0.2) is 30.6 Å². The monoisotopic (exact) mass is 376 g/mol. The van der Waals surface area contributed by atoms with E-state index >= 15 is 0 Å². The molecule has 2 nitrogen and oxygen atoms in total. The minimum absolute atomic E-state index is 0.0409. The highest BCUT2D eigenvalue weighted by molar-refractivity contribution is 7.66. The maximum absolute atomic E-state index is 14.5. The molecule has 0 amide bonds. The number of nitrogens with zero attached hydrogens (tertiary/aromatic N) is 2. The second-order valence-corrected chi connectivity index (χ2v) is 10.3. The zero-order chi connectivity index (χ0) is 17.9. The van der Waals surface area contributed by atoms with Crippen molar-refractivity contribution in [2.24, 2.45) is 0 Å². The molecule has 2 aliphatic carbocycles. The van der Waals surface area contributed by atoms with Gasteiger partial charge in [-0.15, -0.1) is 0 Å². The molecular formula is C21H27F2N2P. The Morgan fingerprint density at radius 3 is 1.92 bits per heavy atom. The number of para-hydroxylation sites is 1. The highest BCUT2D eigenvalue weighted by atomic mass is 31.1. The molecule has 1 heterocycles. The van der Waals surface area contributed by atoms with Crippen LogP contribution >= 0.6 is 7.92 Å². The average molecular weight is 376 g/mol. The molecule has 0 N–H and O–H groups in total. The van der Waals surface area contributed by atoms with E-state index in [2.05, 4.69) is 4.98 Å². The number of rotatable bonds is 4. The Bertz CT molecular complexity index is 695. The van der Waals surface area contributed by atoms with Crippen LogP contribution in [0.4, 0.5) is 8.78 Å². The number of hydrogen-bond donors (Lipinski definition) is 0. The zero-order valence-electron chi connectivity index (χ0n) is 15.2. The Hall–Kier alpha value is -1.28. The van der Waals surface area contributed by atoms with E-state index in [4.69, 9.17) is 0 Å². The van der Waals surface area contributed by atoms with Gasteiger partial charge in [-0.3, -0.25) is 4.57 Å². The Morgan fingerprint density at radius 1 is 0.846 bits per heavy atom. The Labute approximate surface area is 155 Å². The summed E-state index contributed by atoms with van der Waals surface area (Å²) < 4.78 is 30.6. The van der Waals surface area contributed by atoms with Crippen molar-refractivity contribution in [3.63, 3.8) is 0 Å². The maximum atomic E-state index is 14.5. The van der Waals surface area contributed by atoms with Crippen LogP contribution in [0, 0.1) is 11.6 Å². The Morgan fingerprint density at radius 2 is 1.38 bits per heavy atom. The lowest BCUT2D eigenvalue weighted by molar-refractivity contribution is 0.486. The van der Waals surface area contributed by atoms with Crippen molar-refractivity contribution in [2.45, 2.75) is 75.5 Å². The van der Waals surface area contributed by atoms with E-state index in [1.807, 2.05) is 0 Å². The first-order valence-electron chi connectivity index (χ1n) is 10.0. The summed E-state index contributed by atoms with van der Waals surface area (Å²) in [5, 5.41) is 0. The third-order valence-electron chi connectivity index (χ3n) is 5.97. The fourth-order valence-corrected chi connectivity index (χ4v) is 8.43. The third kappa shape index (κ3) is 3.58. The summed E-state index contributed by atoms with van der Waals surface area (Å²) in [6.07, 6.45) is 16.2. The third-order valence-corrected chi connectivity index (χ3v) is 9.37. The molecule has 0 radical (unpaired) electrons. The van der Waals surface area contributed by atoms with Crippen molar-refractivity contribution < 1.29 is 8.78 Å². The van der Waals surface area contributed by atoms with Crippen LogP contribution in [-0.4, -0.2) is 20.9 Å². The summed E-state index contributed by atoms with van der Waals surface area (Å²) in [6, 6.07) is 4.10. The number of benzene rings is 1. The van der Waals surface area contributed by atoms with Crippen LogP contribution < -0.4 is 5.57 Å². The molecule has 1 aromatic carbocycles. The van der Waals surface area contributed by atoms with Crippen LogP contribution in [0.2, 0.25) is 0 Å². The lowest BCUT2D eigenvalue weighted by Crippen LogP contribution is -2.31. The van der Waals surface area contributed by atoms with Gasteiger partial charge in [-0.2, -0.15) is 0 Å². The van der Waals surface area contributed by atoms with Gasteiger partial charge in [-0.1, -0.05) is 44.6 Å². The summed E-state index contributed by atoms with van der Waals surface area (Å²) >= 11 is 0. The second kappa shape index (κ2) is 8.17. The highest BCUT2D eigenvalue weighted by Crippen LogP contribution is 2.54. The fraction of sp³-hybridized carbons (Fsp3) is 0.571. The number of aromatic nitrogens is 2. The molecule has 4 rings (SSSR count). The topological polar surface area (TPSA) is 17.8 Å². The van der Waals surface area contributed by atoms with Crippen LogP contribution in [0.5, 0.6) is 0 Å². The molecule has 0 saturated heterocycles. The summed E-state index contributed by atoms with van der Waals surface area (Å²) in [7, 11) is -0.506. The number of imidazole rings is 1. The van der Waals surface area contributed by atoms with Gasteiger partial charge in [-0.05, 0) is 57.1 Å². The normalized spacial score (nSPS) is 20.0. The summed E-state index contributed by atoms with van der Waals surface area (Å²) in [5.41, 5.74) is 2.28. The van der Waals surface area contributed by atoms with E-state index in [0.717, 1.165) is 5.57 Å². The van der Waals surface area contributed by atoms with Crippen LogP contribution in [0.1, 0.15) is 64.2 Å². The highest BCUT2D eigenvalue weighted by Gasteiger charge is 2.35. The molecule has 2 fully saturated rings. The van der Waals surface area contributed by atoms with Gasteiger partial charge in [0.05, 0.1) is 0 Å². The van der Waals surface area contributed by atoms with Gasteiger partial charge in [0.1, 0.15) is 22.9 Å². The van der Waals surface area contributed by atoms with Crippen LogP contribution in [0.25, 0.3) is 5.69 Å². The largest absolute Gasteiger partial charge is 0.295 e. The summed E-state index contributed by atoms with van der Waals surface area (Å²) in [4.78, 5) is 4.68. The van der Waals surface area contributed by atoms with Gasteiger partial charge in [0.15, 0.2) is 0 Å². The van der Waals surface area contributed by atoms with Gasteiger partial charge in [0.25, 0.3) is 0 Å². The van der Waals surface area contributed by atoms with Crippen LogP contribution in [-0.2, 0) is 0 Å². The van der Waals surface area contributed by atoms with E-state index in [1.54, 1.807) is 17.0 Å². The lowest BCUT2D eigenvalue weighted by Gasteiger charge is -2.38. The molecule has 5 heteroatoms. The van der Waals surface area contributed by atoms with Crippen LogP contribution in [0.3, 0.4) is 0 Å². The fourth-order valence-electron chi connectivity index (χ4n) is 4.72. The predicted molar refractivity (Wildman–Crippen MR) is 104 cm³/mol. The molecule has 0 bridgehead atoms. The second-order valence-electron chi connectivity index (χ2n) is 7.66. The molecule has 26 heavy (non-hydrogen) atoms. The van der Waals surface area contributed by atoms with Crippen molar-refractivity contribution >= 4 is 13.5 Å². The quantitative estimate of drug-likeness (QED) is 0.606. The maximum Gasteiger partial charge on any atom is 0.150 e. The van der Waals surface area contributed by atoms with E-state index in [1.165, 1.54) is 82.4 Å². The molecular weight excluding hydrogens is 349 g/mol. The van der Waals surface area contributed by atoms with Gasteiger partial charge < -0.3 is 0 Å². The molecule has 1 aromatic heterocycles. The van der Waals surface area contributed by atoms with Crippen molar-refractivity contribution in [1.82, 2.24) is 9.55 Å². The van der Waals surface area contributed by atoms with E-state index in [9.17, 15) is 8.78 Å².